The van der Waals surface area contributed by atoms with Crippen molar-refractivity contribution >= 4 is 33.2 Å². The molecule has 148 valence electrons. The van der Waals surface area contributed by atoms with Crippen molar-refractivity contribution < 1.29 is 31.5 Å². The number of halogens is 2. The summed E-state index contributed by atoms with van der Waals surface area (Å²) in [6.45, 7) is 0. The van der Waals surface area contributed by atoms with Crippen molar-refractivity contribution in [3.05, 3.63) is 48.0 Å². The molecule has 2 aromatic carbocycles. The number of thioether (sulfide) groups is 1. The zero-order valence-corrected chi connectivity index (χ0v) is 16.0. The molecular formula is C18H15F2NO5S2. The predicted molar refractivity (Wildman–Crippen MR) is 100.0 cm³/mol. The number of alkyl halides is 2. The fraction of sp³-hybridized carbons (Fsp3) is 0.278. The first-order valence-electron chi connectivity index (χ1n) is 8.38. The third-order valence-electron chi connectivity index (χ3n) is 4.28. The van der Waals surface area contributed by atoms with Crippen LogP contribution < -0.4 is 14.8 Å². The van der Waals surface area contributed by atoms with Crippen molar-refractivity contribution in [2.24, 2.45) is 0 Å². The highest BCUT2D eigenvalue weighted by Gasteiger charge is 2.43. The third kappa shape index (κ3) is 4.07. The van der Waals surface area contributed by atoms with Crippen LogP contribution in [-0.2, 0) is 9.84 Å². The second-order valence-corrected chi connectivity index (χ2v) is 9.99. The summed E-state index contributed by atoms with van der Waals surface area (Å²) in [5.74, 6) is -0.470. The zero-order valence-electron chi connectivity index (χ0n) is 14.4. The van der Waals surface area contributed by atoms with Gasteiger partial charge in [-0.1, -0.05) is 12.1 Å². The Morgan fingerprint density at radius 3 is 2.64 bits per heavy atom. The minimum atomic E-state index is -3.73. The lowest BCUT2D eigenvalue weighted by Gasteiger charge is -2.13. The van der Waals surface area contributed by atoms with Gasteiger partial charge in [-0.3, -0.25) is 4.79 Å². The molecule has 1 N–H and O–H groups in total. The summed E-state index contributed by atoms with van der Waals surface area (Å²) < 4.78 is 58.3. The fourth-order valence-corrected chi connectivity index (χ4v) is 6.64. The minimum absolute atomic E-state index is 0.0873. The Bertz CT molecular complexity index is 1040. The van der Waals surface area contributed by atoms with E-state index in [1.807, 2.05) is 0 Å². The first-order chi connectivity index (χ1) is 13.2. The van der Waals surface area contributed by atoms with Crippen molar-refractivity contribution in [3.8, 4) is 11.5 Å². The monoisotopic (exact) mass is 427 g/mol. The maximum Gasteiger partial charge on any atom is 0.586 e. The lowest BCUT2D eigenvalue weighted by molar-refractivity contribution is -0.286. The highest BCUT2D eigenvalue weighted by Crippen LogP contribution is 2.42. The smallest absolute Gasteiger partial charge is 0.395 e. The number of hydrogen-bond acceptors (Lipinski definition) is 6. The highest BCUT2D eigenvalue weighted by atomic mass is 32.2. The van der Waals surface area contributed by atoms with Crippen LogP contribution in [0, 0.1) is 0 Å². The van der Waals surface area contributed by atoms with Crippen LogP contribution in [0.3, 0.4) is 0 Å². The molecule has 0 saturated carbocycles. The molecule has 4 rings (SSSR count). The van der Waals surface area contributed by atoms with Gasteiger partial charge < -0.3 is 14.8 Å². The van der Waals surface area contributed by atoms with E-state index in [4.69, 9.17) is 0 Å². The summed E-state index contributed by atoms with van der Waals surface area (Å²) in [7, 11) is -3.02. The average Bonchev–Trinajstić information content (AvgIpc) is 3.11. The molecule has 1 atom stereocenters. The zero-order chi connectivity index (χ0) is 19.9. The van der Waals surface area contributed by atoms with Crippen molar-refractivity contribution in [3.63, 3.8) is 0 Å². The number of anilines is 1. The number of nitrogens with one attached hydrogen (secondary N) is 1. The molecule has 0 bridgehead atoms. The van der Waals surface area contributed by atoms with Gasteiger partial charge in [0.25, 0.3) is 5.91 Å². The van der Waals surface area contributed by atoms with Crippen LogP contribution in [-0.4, -0.2) is 37.4 Å². The van der Waals surface area contributed by atoms with E-state index in [2.05, 4.69) is 14.8 Å². The molecule has 2 aromatic rings. The van der Waals surface area contributed by atoms with Gasteiger partial charge >= 0.3 is 6.29 Å². The van der Waals surface area contributed by atoms with Gasteiger partial charge in [-0.15, -0.1) is 20.5 Å². The number of benzene rings is 2. The second kappa shape index (κ2) is 6.93. The topological polar surface area (TPSA) is 81.7 Å². The van der Waals surface area contributed by atoms with Crippen LogP contribution in [0.2, 0.25) is 0 Å². The van der Waals surface area contributed by atoms with Gasteiger partial charge in [0.05, 0.1) is 17.1 Å². The normalized spacial score (nSPS) is 21.4. The van der Waals surface area contributed by atoms with E-state index in [0.29, 0.717) is 16.9 Å². The summed E-state index contributed by atoms with van der Waals surface area (Å²) in [6, 6.07) is 10.8. The van der Waals surface area contributed by atoms with E-state index >= 15 is 0 Å². The number of hydrogen-bond donors (Lipinski definition) is 1. The van der Waals surface area contributed by atoms with E-state index < -0.39 is 22.0 Å². The molecule has 1 saturated heterocycles. The van der Waals surface area contributed by atoms with Crippen LogP contribution >= 0.6 is 11.8 Å². The Hall–Kier alpha value is -2.33. The number of rotatable bonds is 4. The van der Waals surface area contributed by atoms with Crippen LogP contribution in [0.25, 0.3) is 0 Å². The summed E-state index contributed by atoms with van der Waals surface area (Å²) >= 11 is 1.35. The van der Waals surface area contributed by atoms with Gasteiger partial charge in [-0.05, 0) is 30.7 Å². The Labute approximate surface area is 164 Å². The van der Waals surface area contributed by atoms with Gasteiger partial charge in [0.2, 0.25) is 0 Å². The van der Waals surface area contributed by atoms with Gasteiger partial charge in [0.1, 0.15) is 0 Å². The van der Waals surface area contributed by atoms with Crippen LogP contribution in [0.1, 0.15) is 16.8 Å². The van der Waals surface area contributed by atoms with Gasteiger partial charge in [-0.2, -0.15) is 0 Å². The van der Waals surface area contributed by atoms with Crippen molar-refractivity contribution in [1.82, 2.24) is 0 Å². The van der Waals surface area contributed by atoms with E-state index in [-0.39, 0.29) is 33.9 Å². The molecule has 0 aromatic heterocycles. The molecule has 1 amide bonds. The maximum atomic E-state index is 13.1. The molecule has 2 aliphatic rings. The summed E-state index contributed by atoms with van der Waals surface area (Å²) in [4.78, 5) is 13.4. The number of carbonyl (C=O) groups is 1. The molecule has 0 aliphatic carbocycles. The molecule has 0 radical (unpaired) electrons. The third-order valence-corrected chi connectivity index (χ3v) is 7.60. The molecule has 1 fully saturated rings. The Kier molecular flexibility index (Phi) is 4.70. The molecule has 10 heteroatoms. The van der Waals surface area contributed by atoms with Crippen molar-refractivity contribution in [1.29, 1.82) is 0 Å². The standard InChI is InChI=1S/C18H15F2NO5S2/c19-18(20)25-14-6-5-11(9-15(14)26-18)21-17(22)13-3-1-2-4-16(13)27-12-7-8-28(23,24)10-12/h1-6,9,12H,7-8,10H2,(H,21,22). The Balaban J connectivity index is 1.50. The molecule has 6 nitrogen and oxygen atoms in total. The molecule has 2 aliphatic heterocycles. The quantitative estimate of drug-likeness (QED) is 0.804. The first kappa shape index (κ1) is 19.0. The summed E-state index contributed by atoms with van der Waals surface area (Å²) in [5, 5.41) is 2.54. The Morgan fingerprint density at radius 1 is 1.14 bits per heavy atom. The number of fused-ring (bicyclic) bond motifs is 1. The molecule has 1 unspecified atom stereocenters. The Morgan fingerprint density at radius 2 is 1.89 bits per heavy atom. The van der Waals surface area contributed by atoms with Crippen molar-refractivity contribution in [2.75, 3.05) is 16.8 Å². The number of amides is 1. The molecular weight excluding hydrogens is 412 g/mol. The van der Waals surface area contributed by atoms with E-state index in [9.17, 15) is 22.0 Å². The minimum Gasteiger partial charge on any atom is -0.395 e. The van der Waals surface area contributed by atoms with E-state index in [0.717, 1.165) is 0 Å². The van der Waals surface area contributed by atoms with Crippen molar-refractivity contribution in [2.45, 2.75) is 22.9 Å². The molecule has 0 spiro atoms. The van der Waals surface area contributed by atoms with Gasteiger partial charge in [0, 0.05) is 21.9 Å². The van der Waals surface area contributed by atoms with E-state index in [1.54, 1.807) is 24.3 Å². The number of carbonyl (C=O) groups excluding carboxylic acids is 1. The van der Waals surface area contributed by atoms with E-state index in [1.165, 1.54) is 30.0 Å². The molecule has 2 heterocycles. The van der Waals surface area contributed by atoms with Crippen LogP contribution in [0.15, 0.2) is 47.4 Å². The van der Waals surface area contributed by atoms with Gasteiger partial charge in [0.15, 0.2) is 21.3 Å². The molecule has 28 heavy (non-hydrogen) atoms. The SMILES string of the molecule is O=C(Nc1ccc2c(c1)OC(F)(F)O2)c1ccccc1SC1CCS(=O)(=O)C1. The predicted octanol–water partition coefficient (Wildman–Crippen LogP) is 3.54. The summed E-state index contributed by atoms with van der Waals surface area (Å²) in [5.41, 5.74) is 0.646. The van der Waals surface area contributed by atoms with Crippen LogP contribution in [0.5, 0.6) is 11.5 Å². The lowest BCUT2D eigenvalue weighted by Crippen LogP contribution is -2.25. The first-order valence-corrected chi connectivity index (χ1v) is 11.1. The number of sulfone groups is 1. The average molecular weight is 427 g/mol. The van der Waals surface area contributed by atoms with Gasteiger partial charge in [-0.25, -0.2) is 8.42 Å². The lowest BCUT2D eigenvalue weighted by atomic mass is 10.2. The fourth-order valence-electron chi connectivity index (χ4n) is 3.02. The highest BCUT2D eigenvalue weighted by molar-refractivity contribution is 8.02. The largest absolute Gasteiger partial charge is 0.586 e. The second-order valence-electron chi connectivity index (χ2n) is 6.42. The number of ether oxygens (including phenoxy) is 2. The maximum absolute atomic E-state index is 13.1. The summed E-state index contributed by atoms with van der Waals surface area (Å²) in [6.07, 6.45) is -3.19. The van der Waals surface area contributed by atoms with Crippen LogP contribution in [0.4, 0.5) is 14.5 Å².